The van der Waals surface area contributed by atoms with Gasteiger partial charge in [0.2, 0.25) is 0 Å². The first-order chi connectivity index (χ1) is 23.4. The molecule has 0 heterocycles. The summed E-state index contributed by atoms with van der Waals surface area (Å²) >= 11 is 0. The van der Waals surface area contributed by atoms with Gasteiger partial charge in [-0.25, -0.2) is 0 Å². The molecule has 6 heteroatoms. The average molecular weight is 633 g/mol. The number of hydrogen-bond acceptors (Lipinski definition) is 4. The third kappa shape index (κ3) is 6.40. The van der Waals surface area contributed by atoms with E-state index in [2.05, 4.69) is 10.6 Å². The summed E-state index contributed by atoms with van der Waals surface area (Å²) in [5.41, 5.74) is -0.171. The minimum atomic E-state index is -1.76. The van der Waals surface area contributed by atoms with Crippen molar-refractivity contribution >= 4 is 11.8 Å². The molecule has 0 aliphatic heterocycles. The first-order valence-corrected chi connectivity index (χ1v) is 15.8. The Balaban J connectivity index is 1.42. The van der Waals surface area contributed by atoms with Crippen molar-refractivity contribution in [1.82, 2.24) is 10.6 Å². The highest BCUT2D eigenvalue weighted by atomic mass is 16.3. The highest BCUT2D eigenvalue weighted by Crippen LogP contribution is 2.43. The molecule has 0 unspecified atom stereocenters. The monoisotopic (exact) mass is 632 g/mol. The normalized spacial score (nSPS) is 12.8. The highest BCUT2D eigenvalue weighted by molar-refractivity contribution is 6.35. The van der Waals surface area contributed by atoms with Crippen LogP contribution in [-0.4, -0.2) is 22.0 Å². The summed E-state index contributed by atoms with van der Waals surface area (Å²) in [6.45, 7) is 0. The first-order valence-electron chi connectivity index (χ1n) is 15.8. The molecule has 6 rings (SSSR count). The average Bonchev–Trinajstić information content (AvgIpc) is 3.17. The quantitative estimate of drug-likeness (QED) is 0.128. The lowest BCUT2D eigenvalue weighted by atomic mass is 9.77. The topological polar surface area (TPSA) is 98.7 Å². The van der Waals surface area contributed by atoms with Crippen LogP contribution < -0.4 is 10.6 Å². The second kappa shape index (κ2) is 14.3. The van der Waals surface area contributed by atoms with Gasteiger partial charge in [0.1, 0.15) is 11.2 Å². The van der Waals surface area contributed by atoms with E-state index in [-0.39, 0.29) is 0 Å². The predicted molar refractivity (Wildman–Crippen MR) is 186 cm³/mol. The van der Waals surface area contributed by atoms with Crippen LogP contribution in [0.2, 0.25) is 0 Å². The van der Waals surface area contributed by atoms with E-state index in [9.17, 15) is 19.8 Å². The molecule has 2 atom stereocenters. The number of aliphatic hydroxyl groups is 2. The molecule has 0 fully saturated rings. The SMILES string of the molecule is O=C(N[C@H](c1ccccc1)C(O)(c1ccccc1)c1ccccc1)C(=O)N[C@H](c1ccccc1)C(O)(c1ccccc1)c1ccccc1. The van der Waals surface area contributed by atoms with E-state index in [4.69, 9.17) is 0 Å². The minimum absolute atomic E-state index is 0.537. The third-order valence-electron chi connectivity index (χ3n) is 8.71. The maximum atomic E-state index is 14.1. The van der Waals surface area contributed by atoms with Crippen LogP contribution in [0.15, 0.2) is 182 Å². The van der Waals surface area contributed by atoms with Gasteiger partial charge in [-0.3, -0.25) is 9.59 Å². The fourth-order valence-corrected chi connectivity index (χ4v) is 6.31. The molecule has 48 heavy (non-hydrogen) atoms. The molecule has 0 radical (unpaired) electrons. The van der Waals surface area contributed by atoms with Gasteiger partial charge in [-0.1, -0.05) is 182 Å². The number of carbonyl (C=O) groups is 2. The van der Waals surface area contributed by atoms with Crippen LogP contribution in [0.4, 0.5) is 0 Å². The van der Waals surface area contributed by atoms with Crippen LogP contribution >= 0.6 is 0 Å². The fraction of sp³-hybridized carbons (Fsp3) is 0.0952. The van der Waals surface area contributed by atoms with Crippen LogP contribution in [0.5, 0.6) is 0 Å². The zero-order chi connectivity index (χ0) is 33.4. The van der Waals surface area contributed by atoms with Gasteiger partial charge in [-0.05, 0) is 33.4 Å². The molecule has 0 aliphatic carbocycles. The number of nitrogens with one attached hydrogen (secondary N) is 2. The van der Waals surface area contributed by atoms with Crippen molar-refractivity contribution in [3.63, 3.8) is 0 Å². The van der Waals surface area contributed by atoms with E-state index in [1.165, 1.54) is 0 Å². The van der Waals surface area contributed by atoms with Gasteiger partial charge in [0.15, 0.2) is 0 Å². The molecule has 238 valence electrons. The Morgan fingerprint density at radius 1 is 0.375 bits per heavy atom. The summed E-state index contributed by atoms with van der Waals surface area (Å²) in [5.74, 6) is -1.95. The molecular weight excluding hydrogens is 596 g/mol. The molecule has 0 bridgehead atoms. The smallest absolute Gasteiger partial charge is 0.309 e. The number of carbonyl (C=O) groups excluding carboxylic acids is 2. The van der Waals surface area contributed by atoms with E-state index in [0.717, 1.165) is 0 Å². The van der Waals surface area contributed by atoms with Gasteiger partial charge in [-0.2, -0.15) is 0 Å². The lowest BCUT2D eigenvalue weighted by Crippen LogP contribution is -2.52. The molecule has 6 nitrogen and oxygen atoms in total. The number of benzene rings is 6. The van der Waals surface area contributed by atoms with Crippen molar-refractivity contribution in [2.75, 3.05) is 0 Å². The zero-order valence-electron chi connectivity index (χ0n) is 26.2. The molecule has 0 saturated carbocycles. The molecule has 6 aromatic carbocycles. The van der Waals surface area contributed by atoms with Crippen LogP contribution in [0.25, 0.3) is 0 Å². The molecule has 0 saturated heterocycles. The van der Waals surface area contributed by atoms with Gasteiger partial charge in [0, 0.05) is 0 Å². The van der Waals surface area contributed by atoms with Crippen molar-refractivity contribution < 1.29 is 19.8 Å². The highest BCUT2D eigenvalue weighted by Gasteiger charge is 2.45. The molecule has 0 aromatic heterocycles. The van der Waals surface area contributed by atoms with E-state index in [1.54, 1.807) is 72.8 Å². The standard InChI is InChI=1S/C42H36N2O4/c45-39(43-37(31-19-7-1-8-20-31)41(47,33-23-11-3-12-24-33)34-25-13-4-14-26-34)40(46)44-38(32-21-9-2-10-22-32)42(48,35-27-15-5-16-28-35)36-29-17-6-18-30-36/h1-30,37-38,47-48H,(H,43,45)(H,44,46)/t37-,38-/m1/s1. The number of amides is 2. The van der Waals surface area contributed by atoms with Crippen LogP contribution in [-0.2, 0) is 20.8 Å². The lowest BCUT2D eigenvalue weighted by molar-refractivity contribution is -0.142. The Morgan fingerprint density at radius 2 is 0.583 bits per heavy atom. The number of rotatable bonds is 10. The Labute approximate surface area is 280 Å². The molecular formula is C42H36N2O4. The Morgan fingerprint density at radius 3 is 0.812 bits per heavy atom. The summed E-state index contributed by atoms with van der Waals surface area (Å²) in [5, 5.41) is 31.1. The van der Waals surface area contributed by atoms with Gasteiger partial charge < -0.3 is 20.8 Å². The van der Waals surface area contributed by atoms with Gasteiger partial charge >= 0.3 is 11.8 Å². The van der Waals surface area contributed by atoms with Crippen molar-refractivity contribution in [3.05, 3.63) is 215 Å². The third-order valence-corrected chi connectivity index (χ3v) is 8.71. The molecule has 0 aliphatic rings. The van der Waals surface area contributed by atoms with E-state index < -0.39 is 35.1 Å². The Bertz CT molecular complexity index is 1700. The second-order valence-corrected chi connectivity index (χ2v) is 11.6. The minimum Gasteiger partial charge on any atom is -0.378 e. The van der Waals surface area contributed by atoms with Crippen molar-refractivity contribution in [2.45, 2.75) is 23.3 Å². The van der Waals surface area contributed by atoms with Crippen LogP contribution in [0, 0.1) is 0 Å². The molecule has 4 N–H and O–H groups in total. The zero-order valence-corrected chi connectivity index (χ0v) is 26.2. The van der Waals surface area contributed by atoms with E-state index in [1.807, 2.05) is 109 Å². The van der Waals surface area contributed by atoms with Crippen molar-refractivity contribution in [2.24, 2.45) is 0 Å². The summed E-state index contributed by atoms with van der Waals surface area (Å²) in [4.78, 5) is 28.2. The van der Waals surface area contributed by atoms with Gasteiger partial charge in [0.25, 0.3) is 0 Å². The largest absolute Gasteiger partial charge is 0.378 e. The Kier molecular flexibility index (Phi) is 9.57. The number of hydrogen-bond donors (Lipinski definition) is 4. The second-order valence-electron chi connectivity index (χ2n) is 11.6. The van der Waals surface area contributed by atoms with Crippen LogP contribution in [0.1, 0.15) is 45.5 Å². The maximum absolute atomic E-state index is 14.1. The lowest BCUT2D eigenvalue weighted by Gasteiger charge is -2.39. The summed E-state index contributed by atoms with van der Waals surface area (Å²) < 4.78 is 0. The van der Waals surface area contributed by atoms with Crippen molar-refractivity contribution in [3.8, 4) is 0 Å². The maximum Gasteiger partial charge on any atom is 0.309 e. The van der Waals surface area contributed by atoms with E-state index in [0.29, 0.717) is 33.4 Å². The fourth-order valence-electron chi connectivity index (χ4n) is 6.31. The molecule has 2 amide bonds. The van der Waals surface area contributed by atoms with Crippen LogP contribution in [0.3, 0.4) is 0 Å². The van der Waals surface area contributed by atoms with Gasteiger partial charge in [-0.15, -0.1) is 0 Å². The summed E-state index contributed by atoms with van der Waals surface area (Å²) in [7, 11) is 0. The predicted octanol–water partition coefficient (Wildman–Crippen LogP) is 6.57. The van der Waals surface area contributed by atoms with Crippen molar-refractivity contribution in [1.29, 1.82) is 0 Å². The van der Waals surface area contributed by atoms with Gasteiger partial charge in [0.05, 0.1) is 12.1 Å². The summed E-state index contributed by atoms with van der Waals surface area (Å²) in [6.07, 6.45) is 0. The van der Waals surface area contributed by atoms with E-state index >= 15 is 0 Å². The Hall–Kier alpha value is -5.82. The molecule has 0 spiro atoms. The summed E-state index contributed by atoms with van der Waals surface area (Å²) in [6, 6.07) is 52.3. The first kappa shape index (κ1) is 32.1. The molecule has 6 aromatic rings.